The molecule has 1 aliphatic heterocycles. The van der Waals surface area contributed by atoms with Crippen molar-refractivity contribution in [2.75, 3.05) is 13.2 Å². The molecule has 4 aromatic rings. The van der Waals surface area contributed by atoms with E-state index in [0.29, 0.717) is 52.6 Å². The van der Waals surface area contributed by atoms with Crippen LogP contribution >= 0.6 is 0 Å². The minimum Gasteiger partial charge on any atom is -0.381 e. The molecule has 10 heteroatoms. The molecule has 1 atom stereocenters. The molecule has 0 amide bonds. The molecule has 176 valence electrons. The number of ether oxygens (including phenoxy) is 1. The van der Waals surface area contributed by atoms with Crippen molar-refractivity contribution >= 4 is 11.0 Å². The second-order valence-electron chi connectivity index (χ2n) is 8.66. The predicted octanol–water partition coefficient (Wildman–Crippen LogP) is 5.45. The van der Waals surface area contributed by atoms with Gasteiger partial charge in [0.25, 0.3) is 0 Å². The van der Waals surface area contributed by atoms with E-state index in [1.807, 2.05) is 30.7 Å². The van der Waals surface area contributed by atoms with Gasteiger partial charge < -0.3 is 13.8 Å². The van der Waals surface area contributed by atoms with Gasteiger partial charge in [0, 0.05) is 54.1 Å². The molecule has 1 unspecified atom stereocenters. The summed E-state index contributed by atoms with van der Waals surface area (Å²) in [4.78, 5) is 4.69. The van der Waals surface area contributed by atoms with Gasteiger partial charge in [0.05, 0.1) is 29.0 Å². The second-order valence-corrected chi connectivity index (χ2v) is 8.66. The Hall–Kier alpha value is -3.58. The first-order valence-electron chi connectivity index (χ1n) is 11.2. The maximum Gasteiger partial charge on any atom is 0.333 e. The fourth-order valence-corrected chi connectivity index (χ4v) is 4.74. The van der Waals surface area contributed by atoms with E-state index in [4.69, 9.17) is 9.26 Å². The standard InChI is InChI=1S/C24H24F2N6O2/c1-14-22(15(2)34-30-14)17-8-21-23(28-10-17)20(18-11-29-32(12-18)24(25)26)13-31(21)19(9-27)7-16-3-5-33-6-4-16/h8,10-13,16,19,24H,3-7H2,1-2H3. The largest absolute Gasteiger partial charge is 0.381 e. The molecule has 1 aliphatic rings. The van der Waals surface area contributed by atoms with E-state index in [1.165, 1.54) is 12.4 Å². The van der Waals surface area contributed by atoms with Crippen LogP contribution in [0.5, 0.6) is 0 Å². The van der Waals surface area contributed by atoms with Crippen molar-refractivity contribution in [1.29, 1.82) is 5.26 Å². The van der Waals surface area contributed by atoms with Gasteiger partial charge in [-0.1, -0.05) is 5.16 Å². The number of nitrogens with zero attached hydrogens (tertiary/aromatic N) is 6. The zero-order chi connectivity index (χ0) is 23.8. The number of hydrogen-bond donors (Lipinski definition) is 0. The molecule has 5 heterocycles. The molecule has 1 fully saturated rings. The van der Waals surface area contributed by atoms with Crippen LogP contribution in [-0.4, -0.2) is 37.7 Å². The highest BCUT2D eigenvalue weighted by Crippen LogP contribution is 2.37. The van der Waals surface area contributed by atoms with Crippen LogP contribution in [0.3, 0.4) is 0 Å². The SMILES string of the molecule is Cc1noc(C)c1-c1cnc2c(-c3cnn(C(F)F)c3)cn(C(C#N)CC3CCOCC3)c2c1. The number of halogens is 2. The Morgan fingerprint density at radius 1 is 1.18 bits per heavy atom. The number of aryl methyl sites for hydroxylation is 2. The highest BCUT2D eigenvalue weighted by molar-refractivity contribution is 5.95. The molecule has 0 saturated carbocycles. The van der Waals surface area contributed by atoms with Crippen molar-refractivity contribution in [2.45, 2.75) is 45.7 Å². The summed E-state index contributed by atoms with van der Waals surface area (Å²) in [5.41, 5.74) is 4.96. The second kappa shape index (κ2) is 8.99. The normalized spacial score (nSPS) is 15.8. The van der Waals surface area contributed by atoms with Crippen molar-refractivity contribution in [3.8, 4) is 28.3 Å². The first-order chi connectivity index (χ1) is 16.5. The average Bonchev–Trinajstić information content (AvgIpc) is 3.55. The molecule has 0 aromatic carbocycles. The van der Waals surface area contributed by atoms with Gasteiger partial charge in [-0.3, -0.25) is 4.98 Å². The molecule has 5 rings (SSSR count). The molecule has 0 radical (unpaired) electrons. The molecule has 4 aromatic heterocycles. The van der Waals surface area contributed by atoms with Crippen LogP contribution in [-0.2, 0) is 4.74 Å². The Kier molecular flexibility index (Phi) is 5.87. The van der Waals surface area contributed by atoms with Crippen LogP contribution < -0.4 is 0 Å². The van der Waals surface area contributed by atoms with Crippen LogP contribution in [0.1, 0.15) is 43.3 Å². The van der Waals surface area contributed by atoms with E-state index in [9.17, 15) is 14.0 Å². The molecule has 0 aliphatic carbocycles. The predicted molar refractivity (Wildman–Crippen MR) is 120 cm³/mol. The van der Waals surface area contributed by atoms with Crippen molar-refractivity contribution in [3.63, 3.8) is 0 Å². The molecule has 1 saturated heterocycles. The molecule has 0 spiro atoms. The third-order valence-electron chi connectivity index (χ3n) is 6.49. The van der Waals surface area contributed by atoms with Gasteiger partial charge in [0.1, 0.15) is 11.8 Å². The lowest BCUT2D eigenvalue weighted by Gasteiger charge is -2.24. The summed E-state index contributed by atoms with van der Waals surface area (Å²) in [6.07, 6.45) is 8.74. The molecule has 34 heavy (non-hydrogen) atoms. The molecule has 0 N–H and O–H groups in total. The fourth-order valence-electron chi connectivity index (χ4n) is 4.74. The van der Waals surface area contributed by atoms with E-state index in [2.05, 4.69) is 21.3 Å². The monoisotopic (exact) mass is 466 g/mol. The number of aromatic nitrogens is 5. The zero-order valence-electron chi connectivity index (χ0n) is 18.9. The highest BCUT2D eigenvalue weighted by atomic mass is 19.3. The van der Waals surface area contributed by atoms with E-state index >= 15 is 0 Å². The third-order valence-corrected chi connectivity index (χ3v) is 6.49. The maximum atomic E-state index is 13.2. The zero-order valence-corrected chi connectivity index (χ0v) is 18.9. The van der Waals surface area contributed by atoms with E-state index in [0.717, 1.165) is 35.2 Å². The van der Waals surface area contributed by atoms with E-state index in [-0.39, 0.29) is 0 Å². The highest BCUT2D eigenvalue weighted by Gasteiger charge is 2.25. The Morgan fingerprint density at radius 3 is 2.62 bits per heavy atom. The average molecular weight is 466 g/mol. The minimum absolute atomic E-state index is 0.375. The lowest BCUT2D eigenvalue weighted by Crippen LogP contribution is -2.19. The van der Waals surface area contributed by atoms with Crippen molar-refractivity contribution in [1.82, 2.24) is 24.5 Å². The van der Waals surface area contributed by atoms with Crippen LogP contribution in [0.25, 0.3) is 33.3 Å². The number of nitriles is 1. The van der Waals surface area contributed by atoms with Crippen molar-refractivity contribution < 1.29 is 18.0 Å². The van der Waals surface area contributed by atoms with Crippen LogP contribution in [0.4, 0.5) is 8.78 Å². The summed E-state index contributed by atoms with van der Waals surface area (Å²) in [7, 11) is 0. The molecular weight excluding hydrogens is 442 g/mol. The van der Waals surface area contributed by atoms with Gasteiger partial charge in [0.2, 0.25) is 0 Å². The first kappa shape index (κ1) is 22.2. The lowest BCUT2D eigenvalue weighted by atomic mass is 9.93. The molecule has 0 bridgehead atoms. The summed E-state index contributed by atoms with van der Waals surface area (Å²) in [5, 5.41) is 17.9. The van der Waals surface area contributed by atoms with Crippen molar-refractivity contribution in [3.05, 3.63) is 42.3 Å². The van der Waals surface area contributed by atoms with Gasteiger partial charge in [-0.05, 0) is 45.1 Å². The number of pyridine rings is 1. The van der Waals surface area contributed by atoms with E-state index in [1.54, 1.807) is 6.20 Å². The van der Waals surface area contributed by atoms with Gasteiger partial charge >= 0.3 is 6.55 Å². The summed E-state index contributed by atoms with van der Waals surface area (Å²) < 4.78 is 39.6. The fraction of sp³-hybridized carbons (Fsp3) is 0.417. The summed E-state index contributed by atoms with van der Waals surface area (Å²) in [6, 6.07) is 3.97. The molecule has 8 nitrogen and oxygen atoms in total. The Morgan fingerprint density at radius 2 is 1.97 bits per heavy atom. The number of alkyl halides is 2. The molecular formula is C24H24F2N6O2. The first-order valence-corrected chi connectivity index (χ1v) is 11.2. The summed E-state index contributed by atoms with van der Waals surface area (Å²) in [5.74, 6) is 1.05. The van der Waals surface area contributed by atoms with Crippen LogP contribution in [0, 0.1) is 31.1 Å². The van der Waals surface area contributed by atoms with Gasteiger partial charge in [-0.25, -0.2) is 4.68 Å². The summed E-state index contributed by atoms with van der Waals surface area (Å²) in [6.45, 7) is 2.37. The lowest BCUT2D eigenvalue weighted by molar-refractivity contribution is 0.0566. The third kappa shape index (κ3) is 3.96. The van der Waals surface area contributed by atoms with Gasteiger partial charge in [0.15, 0.2) is 0 Å². The number of hydrogen-bond acceptors (Lipinski definition) is 6. The van der Waals surface area contributed by atoms with Crippen LogP contribution in [0.2, 0.25) is 0 Å². The van der Waals surface area contributed by atoms with Crippen LogP contribution in [0.15, 0.2) is 35.4 Å². The Balaban J connectivity index is 1.65. The maximum absolute atomic E-state index is 13.2. The summed E-state index contributed by atoms with van der Waals surface area (Å²) >= 11 is 0. The Bertz CT molecular complexity index is 1340. The van der Waals surface area contributed by atoms with Crippen molar-refractivity contribution in [2.24, 2.45) is 5.92 Å². The van der Waals surface area contributed by atoms with E-state index < -0.39 is 12.6 Å². The minimum atomic E-state index is -2.73. The number of rotatable bonds is 6. The van der Waals surface area contributed by atoms with Gasteiger partial charge in [-0.2, -0.15) is 19.1 Å². The van der Waals surface area contributed by atoms with Gasteiger partial charge in [-0.15, -0.1) is 0 Å². The Labute approximate surface area is 194 Å². The smallest absolute Gasteiger partial charge is 0.333 e. The topological polar surface area (TPSA) is 94.7 Å². The number of fused-ring (bicyclic) bond motifs is 1. The quantitative estimate of drug-likeness (QED) is 0.375.